The van der Waals surface area contributed by atoms with Crippen LogP contribution in [0.2, 0.25) is 0 Å². The van der Waals surface area contributed by atoms with E-state index in [1.54, 1.807) is 0 Å². The molecule has 0 aliphatic heterocycles. The summed E-state index contributed by atoms with van der Waals surface area (Å²) in [7, 11) is 1.12. The number of ketones is 1. The number of nitrogens with one attached hydrogen (secondary N) is 1. The molecule has 2 aromatic rings. The number of carbonyl (C=O) groups is 4. The molecule has 0 fully saturated rings. The van der Waals surface area contributed by atoms with Crippen molar-refractivity contribution in [2.24, 2.45) is 0 Å². The van der Waals surface area contributed by atoms with Crippen LogP contribution in [0.1, 0.15) is 29.9 Å². The zero-order chi connectivity index (χ0) is 21.7. The number of methoxy groups -OCH3 is 1. The van der Waals surface area contributed by atoms with Crippen molar-refractivity contribution in [2.45, 2.75) is 24.8 Å². The lowest BCUT2D eigenvalue weighted by Crippen LogP contribution is -2.43. The highest BCUT2D eigenvalue weighted by atomic mass is 16.5. The molecule has 3 rings (SSSR count). The summed E-state index contributed by atoms with van der Waals surface area (Å²) >= 11 is 0. The monoisotopic (exact) mass is 411 g/mol. The van der Waals surface area contributed by atoms with E-state index in [0.717, 1.165) is 29.4 Å². The molecule has 156 valence electrons. The minimum Gasteiger partial charge on any atom is -0.480 e. The standard InChI is InChI=1S/C22H21NO7/c1-29-20(25)11-13(24)10-19(21(26)27)23-22(28)30-12-18-16-8-4-2-6-14(16)15-7-3-5-9-17(15)18/h2-9,18-19H,10-12H2,1H3,(H,23,28)(H,26,27). The smallest absolute Gasteiger partial charge is 0.407 e. The predicted octanol–water partition coefficient (Wildman–Crippen LogP) is 2.50. The third kappa shape index (κ3) is 4.65. The summed E-state index contributed by atoms with van der Waals surface area (Å²) < 4.78 is 9.67. The number of rotatable bonds is 8. The van der Waals surface area contributed by atoms with Gasteiger partial charge in [-0.25, -0.2) is 9.59 Å². The van der Waals surface area contributed by atoms with Crippen LogP contribution in [-0.4, -0.2) is 48.7 Å². The number of hydrogen-bond acceptors (Lipinski definition) is 6. The first-order valence-corrected chi connectivity index (χ1v) is 9.33. The average molecular weight is 411 g/mol. The molecule has 1 amide bonds. The van der Waals surface area contributed by atoms with Gasteiger partial charge in [-0.2, -0.15) is 0 Å². The molecule has 0 saturated carbocycles. The van der Waals surface area contributed by atoms with Gasteiger partial charge in [0, 0.05) is 12.3 Å². The van der Waals surface area contributed by atoms with E-state index in [4.69, 9.17) is 4.74 Å². The highest BCUT2D eigenvalue weighted by Gasteiger charge is 2.30. The zero-order valence-corrected chi connectivity index (χ0v) is 16.3. The first-order chi connectivity index (χ1) is 14.4. The maximum atomic E-state index is 12.2. The van der Waals surface area contributed by atoms with Gasteiger partial charge in [0.25, 0.3) is 0 Å². The summed E-state index contributed by atoms with van der Waals surface area (Å²) in [5, 5.41) is 11.4. The normalized spacial score (nSPS) is 13.0. The number of alkyl carbamates (subject to hydrolysis) is 1. The van der Waals surface area contributed by atoms with Crippen molar-refractivity contribution in [1.82, 2.24) is 5.32 Å². The quantitative estimate of drug-likeness (QED) is 0.506. The number of aliphatic carboxylic acids is 1. The summed E-state index contributed by atoms with van der Waals surface area (Å²) in [6.07, 6.45) is -2.06. The molecule has 8 nitrogen and oxygen atoms in total. The van der Waals surface area contributed by atoms with Gasteiger partial charge in [0.1, 0.15) is 24.9 Å². The molecule has 0 spiro atoms. The Hall–Kier alpha value is -3.68. The Bertz CT molecular complexity index is 939. The highest BCUT2D eigenvalue weighted by Crippen LogP contribution is 2.44. The van der Waals surface area contributed by atoms with E-state index in [-0.39, 0.29) is 12.5 Å². The van der Waals surface area contributed by atoms with Gasteiger partial charge >= 0.3 is 18.0 Å². The summed E-state index contributed by atoms with van der Waals surface area (Å²) in [4.78, 5) is 46.5. The van der Waals surface area contributed by atoms with Crippen molar-refractivity contribution in [2.75, 3.05) is 13.7 Å². The Labute approximate surface area is 172 Å². The fraction of sp³-hybridized carbons (Fsp3) is 0.273. The van der Waals surface area contributed by atoms with Crippen LogP contribution in [0.25, 0.3) is 11.1 Å². The number of carbonyl (C=O) groups excluding carboxylic acids is 3. The number of carboxylic acid groups (broad SMARTS) is 1. The van der Waals surface area contributed by atoms with Crippen LogP contribution in [0.3, 0.4) is 0 Å². The van der Waals surface area contributed by atoms with Crippen molar-refractivity contribution in [3.8, 4) is 11.1 Å². The Morgan fingerprint density at radius 3 is 2.10 bits per heavy atom. The van der Waals surface area contributed by atoms with Crippen molar-refractivity contribution < 1.29 is 33.8 Å². The van der Waals surface area contributed by atoms with E-state index in [9.17, 15) is 24.3 Å². The Kier molecular flexibility index (Phi) is 6.46. The van der Waals surface area contributed by atoms with E-state index in [1.165, 1.54) is 0 Å². The van der Waals surface area contributed by atoms with Gasteiger partial charge in [-0.15, -0.1) is 0 Å². The second kappa shape index (κ2) is 9.21. The lowest BCUT2D eigenvalue weighted by molar-refractivity contribution is -0.145. The highest BCUT2D eigenvalue weighted by molar-refractivity contribution is 5.98. The van der Waals surface area contributed by atoms with Crippen LogP contribution in [0.4, 0.5) is 4.79 Å². The number of fused-ring (bicyclic) bond motifs is 3. The molecule has 2 aromatic carbocycles. The fourth-order valence-electron chi connectivity index (χ4n) is 3.52. The summed E-state index contributed by atoms with van der Waals surface area (Å²) in [6.45, 7) is 0.0162. The van der Waals surface area contributed by atoms with Crippen molar-refractivity contribution >= 4 is 23.8 Å². The van der Waals surface area contributed by atoms with Gasteiger partial charge in [0.2, 0.25) is 0 Å². The van der Waals surface area contributed by atoms with Crippen LogP contribution in [0, 0.1) is 0 Å². The maximum absolute atomic E-state index is 12.2. The molecule has 0 bridgehead atoms. The Morgan fingerprint density at radius 1 is 1.00 bits per heavy atom. The summed E-state index contributed by atoms with van der Waals surface area (Å²) in [6, 6.07) is 14.1. The van der Waals surface area contributed by atoms with Crippen LogP contribution >= 0.6 is 0 Å². The molecule has 0 radical (unpaired) electrons. The molecule has 0 heterocycles. The molecule has 0 aromatic heterocycles. The minimum absolute atomic E-state index is 0.0162. The third-order valence-corrected chi connectivity index (χ3v) is 4.93. The number of Topliss-reactive ketones (excluding diaryl/α,β-unsaturated/α-hetero) is 1. The molecule has 8 heteroatoms. The Balaban J connectivity index is 1.63. The van der Waals surface area contributed by atoms with Crippen LogP contribution in [-0.2, 0) is 23.9 Å². The molecule has 0 saturated heterocycles. The largest absolute Gasteiger partial charge is 0.480 e. The van der Waals surface area contributed by atoms with Crippen molar-refractivity contribution in [3.63, 3.8) is 0 Å². The number of amides is 1. The van der Waals surface area contributed by atoms with Crippen molar-refractivity contribution in [1.29, 1.82) is 0 Å². The number of ether oxygens (including phenoxy) is 2. The van der Waals surface area contributed by atoms with Gasteiger partial charge in [-0.3, -0.25) is 9.59 Å². The minimum atomic E-state index is -1.50. The summed E-state index contributed by atoms with van der Waals surface area (Å²) in [5.74, 6) is -3.01. The molecule has 2 N–H and O–H groups in total. The van der Waals surface area contributed by atoms with Gasteiger partial charge in [-0.1, -0.05) is 48.5 Å². The average Bonchev–Trinajstić information content (AvgIpc) is 3.05. The number of hydrogen-bond donors (Lipinski definition) is 2. The number of benzene rings is 2. The van der Waals surface area contributed by atoms with Gasteiger partial charge in [0.15, 0.2) is 0 Å². The van der Waals surface area contributed by atoms with Gasteiger partial charge in [0.05, 0.1) is 7.11 Å². The van der Waals surface area contributed by atoms with Crippen molar-refractivity contribution in [3.05, 3.63) is 59.7 Å². The maximum Gasteiger partial charge on any atom is 0.407 e. The third-order valence-electron chi connectivity index (χ3n) is 4.93. The van der Waals surface area contributed by atoms with E-state index in [2.05, 4.69) is 10.1 Å². The van der Waals surface area contributed by atoms with Gasteiger partial charge < -0.3 is 19.9 Å². The van der Waals surface area contributed by atoms with Crippen LogP contribution < -0.4 is 5.32 Å². The lowest BCUT2D eigenvalue weighted by atomic mass is 9.98. The summed E-state index contributed by atoms with van der Waals surface area (Å²) in [5.41, 5.74) is 4.18. The van der Waals surface area contributed by atoms with E-state index in [0.29, 0.717) is 0 Å². The first kappa shape index (κ1) is 21.0. The van der Waals surface area contributed by atoms with Crippen LogP contribution in [0.5, 0.6) is 0 Å². The topological polar surface area (TPSA) is 119 Å². The predicted molar refractivity (Wildman–Crippen MR) is 106 cm³/mol. The molecule has 30 heavy (non-hydrogen) atoms. The second-order valence-electron chi connectivity index (χ2n) is 6.86. The SMILES string of the molecule is COC(=O)CC(=O)CC(NC(=O)OCC1c2ccccc2-c2ccccc21)C(=O)O. The molecule has 1 aliphatic rings. The molecule has 1 aliphatic carbocycles. The van der Waals surface area contributed by atoms with Gasteiger partial charge in [-0.05, 0) is 22.3 Å². The van der Waals surface area contributed by atoms with E-state index < -0.39 is 42.7 Å². The zero-order valence-electron chi connectivity index (χ0n) is 16.3. The van der Waals surface area contributed by atoms with Crippen LogP contribution in [0.15, 0.2) is 48.5 Å². The fourth-order valence-corrected chi connectivity index (χ4v) is 3.52. The molecular weight excluding hydrogens is 390 g/mol. The number of esters is 1. The Morgan fingerprint density at radius 2 is 1.57 bits per heavy atom. The van der Waals surface area contributed by atoms with E-state index >= 15 is 0 Å². The second-order valence-corrected chi connectivity index (χ2v) is 6.86. The first-order valence-electron chi connectivity index (χ1n) is 9.33. The number of carboxylic acids is 1. The lowest BCUT2D eigenvalue weighted by Gasteiger charge is -2.17. The van der Waals surface area contributed by atoms with E-state index in [1.807, 2.05) is 48.5 Å². The molecular formula is C22H21NO7. The molecule has 1 atom stereocenters. The molecule has 1 unspecified atom stereocenters.